The van der Waals surface area contributed by atoms with Gasteiger partial charge < -0.3 is 0 Å². The van der Waals surface area contributed by atoms with Crippen LogP contribution in [0.4, 0.5) is 13.2 Å². The van der Waals surface area contributed by atoms with Crippen molar-refractivity contribution < 1.29 is 26.4 Å². The highest BCUT2D eigenvalue weighted by Gasteiger charge is 2.32. The van der Waals surface area contributed by atoms with Gasteiger partial charge in [-0.05, 0) is 12.8 Å². The number of hydrogen-bond donors (Lipinski definition) is 1. The van der Waals surface area contributed by atoms with Gasteiger partial charge in [0.1, 0.15) is 0 Å². The van der Waals surface area contributed by atoms with Crippen molar-refractivity contribution in [3.8, 4) is 0 Å². The minimum atomic E-state index is -4.44. The van der Waals surface area contributed by atoms with Crippen molar-refractivity contribution in [2.75, 3.05) is 0 Å². The fourth-order valence-electron chi connectivity index (χ4n) is 1.53. The summed E-state index contributed by atoms with van der Waals surface area (Å²) in [6, 6.07) is 0. The smallest absolute Gasteiger partial charge is 0.274 e. The predicted octanol–water partition coefficient (Wildman–Crippen LogP) is 2.91. The minimum Gasteiger partial charge on any atom is -0.274 e. The summed E-state index contributed by atoms with van der Waals surface area (Å²) in [4.78, 5) is 11.4. The molecule has 0 saturated heterocycles. The van der Waals surface area contributed by atoms with E-state index in [1.165, 1.54) is 0 Å². The van der Waals surface area contributed by atoms with Gasteiger partial charge >= 0.3 is 6.18 Å². The second-order valence-corrected chi connectivity index (χ2v) is 6.36. The Kier molecular flexibility index (Phi) is 7.85. The summed E-state index contributed by atoms with van der Waals surface area (Å²) in [7, 11) is -4.15. The Balaban J connectivity index is 4.50. The van der Waals surface area contributed by atoms with Crippen LogP contribution in [0.15, 0.2) is 12.7 Å². The van der Waals surface area contributed by atoms with Gasteiger partial charge in [0, 0.05) is 12.8 Å². The van der Waals surface area contributed by atoms with Crippen molar-refractivity contribution in [1.29, 1.82) is 0 Å². The molecule has 0 aliphatic heterocycles. The first-order chi connectivity index (χ1) is 9.12. The van der Waals surface area contributed by atoms with E-state index in [9.17, 15) is 26.4 Å². The first-order valence-electron chi connectivity index (χ1n) is 6.36. The van der Waals surface area contributed by atoms with E-state index in [-0.39, 0.29) is 6.42 Å². The van der Waals surface area contributed by atoms with Crippen molar-refractivity contribution in [2.45, 2.75) is 56.9 Å². The van der Waals surface area contributed by atoms with E-state index in [2.05, 4.69) is 6.58 Å². The van der Waals surface area contributed by atoms with Crippen LogP contribution in [0.5, 0.6) is 0 Å². The molecule has 4 nitrogen and oxygen atoms in total. The molecular weight excluding hydrogens is 295 g/mol. The maximum absolute atomic E-state index is 12.1. The molecule has 0 aromatic carbocycles. The Labute approximate surface area is 117 Å². The molecule has 0 saturated carbocycles. The highest BCUT2D eigenvalue weighted by molar-refractivity contribution is 7.90. The zero-order chi connectivity index (χ0) is 15.8. The molecule has 0 bridgehead atoms. The van der Waals surface area contributed by atoms with E-state index in [1.54, 1.807) is 4.72 Å². The summed E-state index contributed by atoms with van der Waals surface area (Å²) in [6.45, 7) is 5.14. The second-order valence-electron chi connectivity index (χ2n) is 4.46. The average molecular weight is 315 g/mol. The first-order valence-corrected chi connectivity index (χ1v) is 7.90. The van der Waals surface area contributed by atoms with Crippen molar-refractivity contribution in [3.05, 3.63) is 12.7 Å². The normalized spacial score (nSPS) is 13.8. The molecule has 1 unspecified atom stereocenters. The van der Waals surface area contributed by atoms with Gasteiger partial charge in [0.15, 0.2) is 0 Å². The Morgan fingerprint density at radius 1 is 1.35 bits per heavy atom. The summed E-state index contributed by atoms with van der Waals surface area (Å²) in [6.07, 6.45) is -3.18. The van der Waals surface area contributed by atoms with E-state index in [1.807, 2.05) is 6.92 Å². The average Bonchev–Trinajstić information content (AvgIpc) is 2.27. The number of halogens is 3. The van der Waals surface area contributed by atoms with Crippen molar-refractivity contribution in [2.24, 2.45) is 0 Å². The van der Waals surface area contributed by atoms with Gasteiger partial charge in [0.25, 0.3) is 0 Å². The van der Waals surface area contributed by atoms with E-state index in [4.69, 9.17) is 0 Å². The third-order valence-corrected chi connectivity index (χ3v) is 4.37. The van der Waals surface area contributed by atoms with Gasteiger partial charge in [-0.25, -0.2) is 8.42 Å². The van der Waals surface area contributed by atoms with Crippen LogP contribution in [0.3, 0.4) is 0 Å². The fraction of sp³-hybridized carbons (Fsp3) is 0.750. The number of nitrogens with one attached hydrogen (secondary N) is 1. The highest BCUT2D eigenvalue weighted by atomic mass is 32.2. The number of alkyl halides is 3. The predicted molar refractivity (Wildman–Crippen MR) is 70.5 cm³/mol. The second kappa shape index (κ2) is 8.28. The molecule has 0 rings (SSSR count). The summed E-state index contributed by atoms with van der Waals surface area (Å²) in [5.74, 6) is -0.697. The molecule has 0 spiro atoms. The van der Waals surface area contributed by atoms with Crippen LogP contribution in [0.25, 0.3) is 0 Å². The Bertz CT molecular complexity index is 418. The number of carbonyl (C=O) groups is 1. The quantitative estimate of drug-likeness (QED) is 0.525. The van der Waals surface area contributed by atoms with Crippen LogP contribution >= 0.6 is 0 Å². The molecule has 1 atom stereocenters. The van der Waals surface area contributed by atoms with Crippen LogP contribution in [-0.4, -0.2) is 25.8 Å². The third-order valence-electron chi connectivity index (χ3n) is 2.64. The number of unbranched alkanes of at least 4 members (excludes halogenated alkanes) is 2. The van der Waals surface area contributed by atoms with Crippen LogP contribution in [0.1, 0.15) is 45.4 Å². The fourth-order valence-corrected chi connectivity index (χ4v) is 2.78. The van der Waals surface area contributed by atoms with Crippen LogP contribution < -0.4 is 4.72 Å². The van der Waals surface area contributed by atoms with Gasteiger partial charge in [-0.2, -0.15) is 13.2 Å². The van der Waals surface area contributed by atoms with Gasteiger partial charge in [-0.1, -0.05) is 25.8 Å². The Morgan fingerprint density at radius 3 is 2.40 bits per heavy atom. The molecule has 0 aromatic heterocycles. The lowest BCUT2D eigenvalue weighted by atomic mass is 10.2. The largest absolute Gasteiger partial charge is 0.389 e. The zero-order valence-corrected chi connectivity index (χ0v) is 12.2. The third kappa shape index (κ3) is 8.19. The lowest BCUT2D eigenvalue weighted by molar-refractivity contribution is -0.135. The highest BCUT2D eigenvalue weighted by Crippen LogP contribution is 2.24. The SMILES string of the molecule is C=CC(CCC(F)(F)F)S(=O)(=O)NC(=O)CCCCC. The summed E-state index contributed by atoms with van der Waals surface area (Å²) in [5.41, 5.74) is 0. The number of sulfonamides is 1. The van der Waals surface area contributed by atoms with Gasteiger partial charge in [0.2, 0.25) is 15.9 Å². The maximum Gasteiger partial charge on any atom is 0.389 e. The van der Waals surface area contributed by atoms with E-state index in [0.29, 0.717) is 6.42 Å². The van der Waals surface area contributed by atoms with E-state index >= 15 is 0 Å². The van der Waals surface area contributed by atoms with Gasteiger partial charge in [-0.3, -0.25) is 9.52 Å². The topological polar surface area (TPSA) is 63.2 Å². The lowest BCUT2D eigenvalue weighted by Crippen LogP contribution is -2.37. The lowest BCUT2D eigenvalue weighted by Gasteiger charge is -2.15. The number of rotatable bonds is 9. The molecule has 1 amide bonds. The van der Waals surface area contributed by atoms with Crippen LogP contribution in [0, 0.1) is 0 Å². The number of hydrogen-bond acceptors (Lipinski definition) is 3. The van der Waals surface area contributed by atoms with Gasteiger partial charge in [-0.15, -0.1) is 6.58 Å². The first kappa shape index (κ1) is 18.9. The summed E-state index contributed by atoms with van der Waals surface area (Å²) < 4.78 is 61.6. The molecule has 20 heavy (non-hydrogen) atoms. The Morgan fingerprint density at radius 2 is 1.95 bits per heavy atom. The molecule has 0 aromatic rings. The standard InChI is InChI=1S/C12H20F3NO3S/c1-3-5-6-7-11(17)16-20(18,19)10(4-2)8-9-12(13,14)15/h4,10H,2-3,5-9H2,1H3,(H,16,17). The van der Waals surface area contributed by atoms with E-state index in [0.717, 1.165) is 18.9 Å². The Hall–Kier alpha value is -1.05. The van der Waals surface area contributed by atoms with Crippen LogP contribution in [0.2, 0.25) is 0 Å². The van der Waals surface area contributed by atoms with Crippen molar-refractivity contribution in [3.63, 3.8) is 0 Å². The molecule has 1 N–H and O–H groups in total. The molecule has 0 aliphatic rings. The molecule has 0 aliphatic carbocycles. The molecule has 118 valence electrons. The maximum atomic E-state index is 12.1. The molecule has 0 heterocycles. The van der Waals surface area contributed by atoms with Crippen molar-refractivity contribution in [1.82, 2.24) is 4.72 Å². The molecular formula is C12H20F3NO3S. The zero-order valence-electron chi connectivity index (χ0n) is 11.4. The van der Waals surface area contributed by atoms with Crippen LogP contribution in [-0.2, 0) is 14.8 Å². The monoisotopic (exact) mass is 315 g/mol. The molecule has 0 fully saturated rings. The number of carbonyl (C=O) groups excluding carboxylic acids is 1. The summed E-state index contributed by atoms with van der Waals surface area (Å²) in [5, 5.41) is -1.43. The minimum absolute atomic E-state index is 0.0379. The summed E-state index contributed by atoms with van der Waals surface area (Å²) >= 11 is 0. The number of amides is 1. The molecule has 8 heteroatoms. The van der Waals surface area contributed by atoms with E-state index < -0.39 is 40.2 Å². The molecule has 0 radical (unpaired) electrons. The van der Waals surface area contributed by atoms with Crippen molar-refractivity contribution >= 4 is 15.9 Å². The van der Waals surface area contributed by atoms with Gasteiger partial charge in [0.05, 0.1) is 5.25 Å².